The van der Waals surface area contributed by atoms with Gasteiger partial charge in [-0.15, -0.1) is 0 Å². The topological polar surface area (TPSA) is 70.6 Å². The van der Waals surface area contributed by atoms with Crippen molar-refractivity contribution in [2.24, 2.45) is 5.41 Å². The molecule has 5 heteroatoms. The zero-order valence-corrected chi connectivity index (χ0v) is 11.7. The normalized spacial score (nSPS) is 18.2. The van der Waals surface area contributed by atoms with Crippen molar-refractivity contribution in [2.75, 3.05) is 32.8 Å². The van der Waals surface area contributed by atoms with Crippen LogP contribution in [0.5, 0.6) is 0 Å². The first-order valence-corrected chi connectivity index (χ1v) is 6.59. The van der Waals surface area contributed by atoms with Crippen LogP contribution < -0.4 is 10.6 Å². The van der Waals surface area contributed by atoms with Gasteiger partial charge in [0.05, 0.1) is 5.60 Å². The number of carbonyl (C=O) groups excluding carboxylic acids is 1. The fourth-order valence-corrected chi connectivity index (χ4v) is 1.85. The van der Waals surface area contributed by atoms with Crippen LogP contribution in [0.3, 0.4) is 0 Å². The molecule has 106 valence electrons. The molecule has 3 N–H and O–H groups in total. The predicted octanol–water partition coefficient (Wildman–Crippen LogP) is 0.280. The Hall–Kier alpha value is -0.650. The number of aliphatic hydroxyl groups is 1. The Kier molecular flexibility index (Phi) is 5.56. The second-order valence-corrected chi connectivity index (χ2v) is 6.11. The second-order valence-electron chi connectivity index (χ2n) is 6.11. The van der Waals surface area contributed by atoms with Crippen LogP contribution in [0.2, 0.25) is 0 Å². The van der Waals surface area contributed by atoms with Gasteiger partial charge >= 0.3 is 0 Å². The standard InChI is InChI=1S/C13H26N2O3/c1-12(2,5-4-6-16)8-15-11(17)7-18-13(3)9-14-10-13/h14,16H,4-10H2,1-3H3,(H,15,17). The molecule has 5 nitrogen and oxygen atoms in total. The lowest BCUT2D eigenvalue weighted by atomic mass is 9.88. The molecule has 0 aromatic carbocycles. The van der Waals surface area contributed by atoms with E-state index in [-0.39, 0.29) is 30.1 Å². The van der Waals surface area contributed by atoms with Gasteiger partial charge in [0.2, 0.25) is 5.91 Å². The van der Waals surface area contributed by atoms with E-state index < -0.39 is 0 Å². The summed E-state index contributed by atoms with van der Waals surface area (Å²) in [5.74, 6) is -0.0693. The van der Waals surface area contributed by atoms with Crippen LogP contribution in [0.4, 0.5) is 0 Å². The predicted molar refractivity (Wildman–Crippen MR) is 70.3 cm³/mol. The first-order chi connectivity index (χ1) is 8.37. The third-order valence-corrected chi connectivity index (χ3v) is 3.33. The molecule has 0 aromatic rings. The van der Waals surface area contributed by atoms with Crippen LogP contribution in [0.15, 0.2) is 0 Å². The molecular formula is C13H26N2O3. The maximum Gasteiger partial charge on any atom is 0.246 e. The molecule has 0 saturated carbocycles. The summed E-state index contributed by atoms with van der Waals surface area (Å²) in [6.45, 7) is 8.72. The number of amides is 1. The summed E-state index contributed by atoms with van der Waals surface area (Å²) in [5.41, 5.74) is -0.163. The Balaban J connectivity index is 2.15. The van der Waals surface area contributed by atoms with Crippen LogP contribution in [0, 0.1) is 5.41 Å². The van der Waals surface area contributed by atoms with E-state index in [1.54, 1.807) is 0 Å². The second kappa shape index (κ2) is 6.50. The van der Waals surface area contributed by atoms with Crippen molar-refractivity contribution in [2.45, 2.75) is 39.2 Å². The van der Waals surface area contributed by atoms with Crippen LogP contribution in [0.1, 0.15) is 33.6 Å². The van der Waals surface area contributed by atoms with Crippen molar-refractivity contribution < 1.29 is 14.6 Å². The third-order valence-electron chi connectivity index (χ3n) is 3.33. The summed E-state index contributed by atoms with van der Waals surface area (Å²) < 4.78 is 5.56. The number of hydrogen-bond donors (Lipinski definition) is 3. The SMILES string of the molecule is CC(C)(CCCO)CNC(=O)COC1(C)CNC1. The van der Waals surface area contributed by atoms with Gasteiger partial charge in [-0.2, -0.15) is 0 Å². The Morgan fingerprint density at radius 1 is 1.50 bits per heavy atom. The maximum atomic E-state index is 11.6. The minimum Gasteiger partial charge on any atom is -0.396 e. The smallest absolute Gasteiger partial charge is 0.246 e. The number of ether oxygens (including phenoxy) is 1. The molecule has 0 unspecified atom stereocenters. The molecular weight excluding hydrogens is 232 g/mol. The van der Waals surface area contributed by atoms with E-state index in [0.29, 0.717) is 6.54 Å². The number of hydrogen-bond acceptors (Lipinski definition) is 4. The molecule has 0 radical (unpaired) electrons. The highest BCUT2D eigenvalue weighted by atomic mass is 16.5. The monoisotopic (exact) mass is 258 g/mol. The number of rotatable bonds is 8. The van der Waals surface area contributed by atoms with Crippen molar-refractivity contribution >= 4 is 5.91 Å². The first kappa shape index (κ1) is 15.4. The first-order valence-electron chi connectivity index (χ1n) is 6.59. The Morgan fingerprint density at radius 2 is 2.17 bits per heavy atom. The minimum absolute atomic E-state index is 0.0142. The molecule has 1 aliphatic rings. The van der Waals surface area contributed by atoms with Crippen molar-refractivity contribution in [1.29, 1.82) is 0 Å². The molecule has 0 bridgehead atoms. The van der Waals surface area contributed by atoms with E-state index in [1.165, 1.54) is 0 Å². The molecule has 1 heterocycles. The maximum absolute atomic E-state index is 11.6. The largest absolute Gasteiger partial charge is 0.396 e. The molecule has 0 aromatic heterocycles. The molecule has 1 amide bonds. The summed E-state index contributed by atoms with van der Waals surface area (Å²) in [4.78, 5) is 11.6. The number of aliphatic hydroxyl groups excluding tert-OH is 1. The van der Waals surface area contributed by atoms with Gasteiger partial charge in [0, 0.05) is 26.2 Å². The van der Waals surface area contributed by atoms with Gasteiger partial charge in [-0.25, -0.2) is 0 Å². The molecule has 1 saturated heterocycles. The lowest BCUT2D eigenvalue weighted by molar-refractivity contribution is -0.136. The van der Waals surface area contributed by atoms with Crippen molar-refractivity contribution in [1.82, 2.24) is 10.6 Å². The van der Waals surface area contributed by atoms with E-state index in [1.807, 2.05) is 6.92 Å². The molecule has 0 atom stereocenters. The molecule has 0 spiro atoms. The number of carbonyl (C=O) groups is 1. The zero-order valence-electron chi connectivity index (χ0n) is 11.7. The van der Waals surface area contributed by atoms with Gasteiger partial charge in [-0.1, -0.05) is 13.8 Å². The van der Waals surface area contributed by atoms with E-state index >= 15 is 0 Å². The Bertz CT molecular complexity index is 275. The fourth-order valence-electron chi connectivity index (χ4n) is 1.85. The zero-order chi connectivity index (χ0) is 13.6. The van der Waals surface area contributed by atoms with E-state index in [0.717, 1.165) is 25.9 Å². The number of nitrogens with one attached hydrogen (secondary N) is 2. The Labute approximate surface area is 109 Å². The lowest BCUT2D eigenvalue weighted by Crippen LogP contribution is -2.59. The quantitative estimate of drug-likeness (QED) is 0.585. The highest BCUT2D eigenvalue weighted by molar-refractivity contribution is 5.77. The average Bonchev–Trinajstić information content (AvgIpc) is 2.29. The molecule has 18 heavy (non-hydrogen) atoms. The summed E-state index contributed by atoms with van der Waals surface area (Å²) in [5, 5.41) is 14.8. The third kappa shape index (κ3) is 5.33. The summed E-state index contributed by atoms with van der Waals surface area (Å²) in [6, 6.07) is 0. The summed E-state index contributed by atoms with van der Waals surface area (Å²) in [7, 11) is 0. The van der Waals surface area contributed by atoms with Crippen LogP contribution in [0.25, 0.3) is 0 Å². The van der Waals surface area contributed by atoms with Gasteiger partial charge in [-0.05, 0) is 25.2 Å². The Morgan fingerprint density at radius 3 is 2.67 bits per heavy atom. The lowest BCUT2D eigenvalue weighted by Gasteiger charge is -2.38. The molecule has 1 fully saturated rings. The van der Waals surface area contributed by atoms with Crippen molar-refractivity contribution in [3.8, 4) is 0 Å². The van der Waals surface area contributed by atoms with Gasteiger partial charge in [0.25, 0.3) is 0 Å². The van der Waals surface area contributed by atoms with Crippen LogP contribution in [-0.2, 0) is 9.53 Å². The van der Waals surface area contributed by atoms with E-state index in [4.69, 9.17) is 9.84 Å². The highest BCUT2D eigenvalue weighted by Crippen LogP contribution is 2.20. The van der Waals surface area contributed by atoms with Gasteiger partial charge in [0.1, 0.15) is 6.61 Å². The van der Waals surface area contributed by atoms with Crippen molar-refractivity contribution in [3.63, 3.8) is 0 Å². The van der Waals surface area contributed by atoms with Gasteiger partial charge in [0.15, 0.2) is 0 Å². The summed E-state index contributed by atoms with van der Waals surface area (Å²) in [6.07, 6.45) is 1.66. The van der Waals surface area contributed by atoms with E-state index in [9.17, 15) is 4.79 Å². The van der Waals surface area contributed by atoms with E-state index in [2.05, 4.69) is 24.5 Å². The van der Waals surface area contributed by atoms with Gasteiger partial charge in [-0.3, -0.25) is 4.79 Å². The van der Waals surface area contributed by atoms with Gasteiger partial charge < -0.3 is 20.5 Å². The molecule has 0 aliphatic carbocycles. The summed E-state index contributed by atoms with van der Waals surface area (Å²) >= 11 is 0. The van der Waals surface area contributed by atoms with Crippen molar-refractivity contribution in [3.05, 3.63) is 0 Å². The fraction of sp³-hybridized carbons (Fsp3) is 0.923. The highest BCUT2D eigenvalue weighted by Gasteiger charge is 2.33. The average molecular weight is 258 g/mol. The minimum atomic E-state index is -0.177. The van der Waals surface area contributed by atoms with Crippen LogP contribution in [-0.4, -0.2) is 49.5 Å². The molecule has 1 rings (SSSR count). The van der Waals surface area contributed by atoms with Crippen LogP contribution >= 0.6 is 0 Å². The molecule has 1 aliphatic heterocycles.